The number of hydrogen-bond acceptors (Lipinski definition) is 3. The van der Waals surface area contributed by atoms with Gasteiger partial charge in [0, 0.05) is 25.5 Å². The second-order valence-corrected chi connectivity index (χ2v) is 4.12. The van der Waals surface area contributed by atoms with E-state index in [1.54, 1.807) is 18.5 Å². The minimum Gasteiger partial charge on any atom is -0.318 e. The Bertz CT molecular complexity index is 533. The maximum Gasteiger partial charge on any atom is 0.123 e. The molecule has 1 aliphatic heterocycles. The number of hydrazine groups is 1. The highest BCUT2D eigenvalue weighted by molar-refractivity contribution is 5.85. The van der Waals surface area contributed by atoms with Crippen LogP contribution in [0.25, 0.3) is 0 Å². The van der Waals surface area contributed by atoms with Gasteiger partial charge in [0.15, 0.2) is 0 Å². The predicted molar refractivity (Wildman–Crippen MR) is 70.8 cm³/mol. The Morgan fingerprint density at radius 2 is 1.78 bits per heavy atom. The van der Waals surface area contributed by atoms with E-state index in [-0.39, 0.29) is 18.2 Å². The average Bonchev–Trinajstić information content (AvgIpc) is 2.71. The van der Waals surface area contributed by atoms with Gasteiger partial charge in [-0.15, -0.1) is 12.4 Å². The van der Waals surface area contributed by atoms with Crippen molar-refractivity contribution in [2.24, 2.45) is 0 Å². The smallest absolute Gasteiger partial charge is 0.123 e. The lowest BCUT2D eigenvalue weighted by Crippen LogP contribution is -2.23. The third kappa shape index (κ3) is 2.60. The van der Waals surface area contributed by atoms with Gasteiger partial charge in [0.25, 0.3) is 0 Å². The van der Waals surface area contributed by atoms with Crippen molar-refractivity contribution in [3.63, 3.8) is 0 Å². The van der Waals surface area contributed by atoms with Gasteiger partial charge in [0.1, 0.15) is 5.82 Å². The maximum atomic E-state index is 13.1. The number of benzene rings is 1. The SMILES string of the molecule is Cl.Fc1ccc2c(c1)CN(Nc1ccncc1)C2. The Morgan fingerprint density at radius 3 is 2.56 bits per heavy atom. The van der Waals surface area contributed by atoms with E-state index in [1.165, 1.54) is 11.6 Å². The van der Waals surface area contributed by atoms with Crippen LogP contribution in [0.15, 0.2) is 42.7 Å². The molecule has 0 spiro atoms. The molecule has 0 unspecified atom stereocenters. The van der Waals surface area contributed by atoms with E-state index in [0.29, 0.717) is 0 Å². The van der Waals surface area contributed by atoms with E-state index in [4.69, 9.17) is 0 Å². The Labute approximate surface area is 111 Å². The van der Waals surface area contributed by atoms with E-state index in [1.807, 2.05) is 18.2 Å². The summed E-state index contributed by atoms with van der Waals surface area (Å²) in [4.78, 5) is 3.96. The molecule has 1 aliphatic rings. The van der Waals surface area contributed by atoms with Crippen LogP contribution in [0.5, 0.6) is 0 Å². The quantitative estimate of drug-likeness (QED) is 0.905. The summed E-state index contributed by atoms with van der Waals surface area (Å²) in [6, 6.07) is 8.77. The lowest BCUT2D eigenvalue weighted by molar-refractivity contribution is 0.347. The van der Waals surface area contributed by atoms with Crippen molar-refractivity contribution < 1.29 is 4.39 Å². The van der Waals surface area contributed by atoms with Crippen molar-refractivity contribution >= 4 is 18.1 Å². The standard InChI is InChI=1S/C13H12FN3.ClH/c14-12-2-1-10-8-17(9-11(10)7-12)16-13-3-5-15-6-4-13;/h1-7H,8-9H2,(H,15,16);1H. The Balaban J connectivity index is 0.00000120. The van der Waals surface area contributed by atoms with Gasteiger partial charge in [-0.05, 0) is 35.4 Å². The minimum atomic E-state index is -0.172. The maximum absolute atomic E-state index is 13.1. The van der Waals surface area contributed by atoms with Crippen LogP contribution in [-0.2, 0) is 13.1 Å². The number of anilines is 1. The molecule has 0 saturated carbocycles. The van der Waals surface area contributed by atoms with Crippen LogP contribution in [0, 0.1) is 5.82 Å². The summed E-state index contributed by atoms with van der Waals surface area (Å²) in [5.74, 6) is -0.172. The molecule has 0 radical (unpaired) electrons. The van der Waals surface area contributed by atoms with Gasteiger partial charge in [-0.1, -0.05) is 6.07 Å². The van der Waals surface area contributed by atoms with Crippen LogP contribution in [0.4, 0.5) is 10.1 Å². The van der Waals surface area contributed by atoms with Gasteiger partial charge in [0.05, 0.1) is 5.69 Å². The van der Waals surface area contributed by atoms with E-state index < -0.39 is 0 Å². The lowest BCUT2D eigenvalue weighted by Gasteiger charge is -2.17. The van der Waals surface area contributed by atoms with Crippen LogP contribution in [0.3, 0.4) is 0 Å². The van der Waals surface area contributed by atoms with Gasteiger partial charge >= 0.3 is 0 Å². The predicted octanol–water partition coefficient (Wildman–Crippen LogP) is 2.99. The zero-order valence-corrected chi connectivity index (χ0v) is 10.5. The second kappa shape index (κ2) is 5.33. The summed E-state index contributed by atoms with van der Waals surface area (Å²) < 4.78 is 13.1. The third-order valence-electron chi connectivity index (χ3n) is 2.86. The summed E-state index contributed by atoms with van der Waals surface area (Å²) in [7, 11) is 0. The summed E-state index contributed by atoms with van der Waals surface area (Å²) in [5, 5.41) is 2.06. The number of aromatic nitrogens is 1. The summed E-state index contributed by atoms with van der Waals surface area (Å²) in [5.41, 5.74) is 6.49. The van der Waals surface area contributed by atoms with Crippen molar-refractivity contribution in [2.75, 3.05) is 5.43 Å². The number of rotatable bonds is 2. The van der Waals surface area contributed by atoms with Gasteiger partial charge in [-0.3, -0.25) is 4.98 Å². The van der Waals surface area contributed by atoms with E-state index in [0.717, 1.165) is 24.3 Å². The number of nitrogens with one attached hydrogen (secondary N) is 1. The molecule has 0 amide bonds. The topological polar surface area (TPSA) is 28.2 Å². The molecule has 3 rings (SSSR count). The summed E-state index contributed by atoms with van der Waals surface area (Å²) in [6.07, 6.45) is 3.48. The van der Waals surface area contributed by atoms with Crippen molar-refractivity contribution in [1.82, 2.24) is 9.99 Å². The second-order valence-electron chi connectivity index (χ2n) is 4.12. The zero-order valence-electron chi connectivity index (χ0n) is 9.64. The number of halogens is 2. The van der Waals surface area contributed by atoms with Gasteiger partial charge < -0.3 is 5.43 Å². The molecule has 2 aromatic rings. The van der Waals surface area contributed by atoms with Crippen LogP contribution in [0.2, 0.25) is 0 Å². The van der Waals surface area contributed by atoms with Gasteiger partial charge in [0.2, 0.25) is 0 Å². The first-order valence-corrected chi connectivity index (χ1v) is 5.50. The fraction of sp³-hybridized carbons (Fsp3) is 0.154. The molecule has 5 heteroatoms. The fourth-order valence-corrected chi connectivity index (χ4v) is 2.05. The normalized spacial score (nSPS) is 13.8. The van der Waals surface area contributed by atoms with Crippen LogP contribution < -0.4 is 5.43 Å². The van der Waals surface area contributed by atoms with Gasteiger partial charge in [-0.2, -0.15) is 0 Å². The van der Waals surface area contributed by atoms with Crippen LogP contribution in [-0.4, -0.2) is 9.99 Å². The highest BCUT2D eigenvalue weighted by atomic mass is 35.5. The van der Waals surface area contributed by atoms with Crippen LogP contribution in [0.1, 0.15) is 11.1 Å². The first kappa shape index (κ1) is 12.8. The summed E-state index contributed by atoms with van der Waals surface area (Å²) in [6.45, 7) is 1.51. The number of nitrogens with zero attached hydrogens (tertiary/aromatic N) is 2. The lowest BCUT2D eigenvalue weighted by atomic mass is 10.1. The first-order valence-electron chi connectivity index (χ1n) is 5.50. The molecule has 0 aliphatic carbocycles. The number of pyridine rings is 1. The number of hydrogen-bond donors (Lipinski definition) is 1. The highest BCUT2D eigenvalue weighted by Gasteiger charge is 2.18. The monoisotopic (exact) mass is 265 g/mol. The first-order chi connectivity index (χ1) is 8.31. The minimum absolute atomic E-state index is 0. The Kier molecular flexibility index (Phi) is 3.79. The summed E-state index contributed by atoms with van der Waals surface area (Å²) >= 11 is 0. The third-order valence-corrected chi connectivity index (χ3v) is 2.86. The van der Waals surface area contributed by atoms with Crippen molar-refractivity contribution in [3.05, 3.63) is 59.7 Å². The Hall–Kier alpha value is -1.65. The average molecular weight is 266 g/mol. The van der Waals surface area contributed by atoms with E-state index in [2.05, 4.69) is 15.4 Å². The van der Waals surface area contributed by atoms with Crippen LogP contribution >= 0.6 is 12.4 Å². The molecule has 1 aromatic heterocycles. The molecule has 18 heavy (non-hydrogen) atoms. The van der Waals surface area contributed by atoms with Crippen molar-refractivity contribution in [1.29, 1.82) is 0 Å². The molecule has 2 heterocycles. The van der Waals surface area contributed by atoms with Crippen molar-refractivity contribution in [2.45, 2.75) is 13.1 Å². The highest BCUT2D eigenvalue weighted by Crippen LogP contribution is 2.23. The molecule has 1 aromatic carbocycles. The van der Waals surface area contributed by atoms with E-state index >= 15 is 0 Å². The van der Waals surface area contributed by atoms with Crippen molar-refractivity contribution in [3.8, 4) is 0 Å². The van der Waals surface area contributed by atoms with E-state index in [9.17, 15) is 4.39 Å². The fourth-order valence-electron chi connectivity index (χ4n) is 2.05. The number of fused-ring (bicyclic) bond motifs is 1. The molecule has 0 saturated heterocycles. The largest absolute Gasteiger partial charge is 0.318 e. The molecule has 0 fully saturated rings. The Morgan fingerprint density at radius 1 is 1.06 bits per heavy atom. The zero-order chi connectivity index (χ0) is 11.7. The van der Waals surface area contributed by atoms with Gasteiger partial charge in [-0.25, -0.2) is 9.40 Å². The molecule has 0 bridgehead atoms. The molecule has 0 atom stereocenters. The molecular weight excluding hydrogens is 253 g/mol. The molecule has 94 valence electrons. The molecular formula is C13H13ClFN3. The molecule has 1 N–H and O–H groups in total. The molecule has 3 nitrogen and oxygen atoms in total.